The van der Waals surface area contributed by atoms with Gasteiger partial charge in [-0.15, -0.1) is 0 Å². The van der Waals surface area contributed by atoms with E-state index in [1.807, 2.05) is 0 Å². The molecule has 0 saturated heterocycles. The SMILES string of the molecule is CC(CC(C)c1cccc(CN(CCN)CCN)c1)C1=CC(c2cccc(CN(CCN)CCN)c2)C(C)CC1(C)C. The molecule has 8 N–H and O–H groups in total. The first-order valence-corrected chi connectivity index (χ1v) is 16.3. The molecule has 0 bridgehead atoms. The lowest BCUT2D eigenvalue weighted by Gasteiger charge is -2.42. The van der Waals surface area contributed by atoms with Crippen LogP contribution in [0.2, 0.25) is 0 Å². The Morgan fingerprint density at radius 3 is 1.83 bits per heavy atom. The number of rotatable bonds is 17. The van der Waals surface area contributed by atoms with Crippen molar-refractivity contribution >= 4 is 0 Å². The van der Waals surface area contributed by atoms with Gasteiger partial charge >= 0.3 is 0 Å². The van der Waals surface area contributed by atoms with Crippen LogP contribution >= 0.6 is 0 Å². The van der Waals surface area contributed by atoms with Crippen molar-refractivity contribution in [2.45, 2.75) is 72.4 Å². The summed E-state index contributed by atoms with van der Waals surface area (Å²) in [6.45, 7) is 20.1. The standard InChI is InChI=1S/C36H60N6/c1-27(32-10-6-8-30(21-32)25-41(16-12-37)17-13-38)20-28(2)35-23-34(29(3)24-36(35,4)5)33-11-7-9-31(22-33)26-42(18-14-39)19-15-40/h6-11,21-23,27-29,34H,12-20,24-26,37-40H2,1-5H3. The number of hydrogen-bond donors (Lipinski definition) is 4. The molecule has 2 aromatic rings. The van der Waals surface area contributed by atoms with E-state index in [9.17, 15) is 0 Å². The molecule has 3 rings (SSSR count). The van der Waals surface area contributed by atoms with Crippen LogP contribution in [0.1, 0.15) is 81.5 Å². The average molecular weight is 577 g/mol. The van der Waals surface area contributed by atoms with Gasteiger partial charge in [0.2, 0.25) is 0 Å². The van der Waals surface area contributed by atoms with Crippen LogP contribution in [0.5, 0.6) is 0 Å². The van der Waals surface area contributed by atoms with Crippen LogP contribution in [-0.4, -0.2) is 62.2 Å². The van der Waals surface area contributed by atoms with Gasteiger partial charge < -0.3 is 22.9 Å². The van der Waals surface area contributed by atoms with Gasteiger partial charge in [-0.25, -0.2) is 0 Å². The van der Waals surface area contributed by atoms with E-state index in [0.717, 1.165) is 45.7 Å². The fourth-order valence-electron chi connectivity index (χ4n) is 7.37. The Kier molecular flexibility index (Phi) is 13.7. The van der Waals surface area contributed by atoms with Gasteiger partial charge in [-0.3, -0.25) is 9.80 Å². The maximum atomic E-state index is 5.87. The predicted octanol–water partition coefficient (Wildman–Crippen LogP) is 5.03. The third-order valence-corrected chi connectivity index (χ3v) is 9.27. The molecular weight excluding hydrogens is 516 g/mol. The fraction of sp³-hybridized carbons (Fsp3) is 0.611. The first kappa shape index (κ1) is 34.4. The predicted molar refractivity (Wildman–Crippen MR) is 180 cm³/mol. The van der Waals surface area contributed by atoms with E-state index < -0.39 is 0 Å². The molecule has 0 aliphatic heterocycles. The molecule has 234 valence electrons. The van der Waals surface area contributed by atoms with E-state index in [2.05, 4.69) is 99.0 Å². The summed E-state index contributed by atoms with van der Waals surface area (Å²) in [5.41, 5.74) is 30.8. The third-order valence-electron chi connectivity index (χ3n) is 9.27. The molecule has 4 unspecified atom stereocenters. The zero-order chi connectivity index (χ0) is 30.7. The van der Waals surface area contributed by atoms with Crippen LogP contribution < -0.4 is 22.9 Å². The Morgan fingerprint density at radius 2 is 1.29 bits per heavy atom. The van der Waals surface area contributed by atoms with Gasteiger partial charge in [0.1, 0.15) is 0 Å². The van der Waals surface area contributed by atoms with Crippen molar-refractivity contribution in [1.82, 2.24) is 9.80 Å². The minimum absolute atomic E-state index is 0.193. The van der Waals surface area contributed by atoms with Crippen LogP contribution in [0.15, 0.2) is 60.2 Å². The van der Waals surface area contributed by atoms with Gasteiger partial charge in [-0.1, -0.05) is 94.8 Å². The Labute approximate surface area is 256 Å². The molecule has 0 spiro atoms. The van der Waals surface area contributed by atoms with Crippen LogP contribution in [0.4, 0.5) is 0 Å². The molecule has 0 fully saturated rings. The van der Waals surface area contributed by atoms with Gasteiger partial charge in [0, 0.05) is 71.4 Å². The second kappa shape index (κ2) is 16.7. The molecule has 1 aliphatic rings. The highest BCUT2D eigenvalue weighted by Crippen LogP contribution is 2.49. The van der Waals surface area contributed by atoms with Gasteiger partial charge in [-0.05, 0) is 58.3 Å². The minimum Gasteiger partial charge on any atom is -0.329 e. The number of hydrogen-bond acceptors (Lipinski definition) is 6. The zero-order valence-corrected chi connectivity index (χ0v) is 27.2. The maximum Gasteiger partial charge on any atom is 0.0234 e. The van der Waals surface area contributed by atoms with Crippen LogP contribution in [0.25, 0.3) is 0 Å². The molecule has 2 aromatic carbocycles. The first-order chi connectivity index (χ1) is 20.1. The van der Waals surface area contributed by atoms with Crippen molar-refractivity contribution in [3.8, 4) is 0 Å². The highest BCUT2D eigenvalue weighted by molar-refractivity contribution is 5.35. The van der Waals surface area contributed by atoms with Crippen molar-refractivity contribution in [3.05, 3.63) is 82.4 Å². The lowest BCUT2D eigenvalue weighted by Crippen LogP contribution is -2.33. The van der Waals surface area contributed by atoms with Crippen LogP contribution in [-0.2, 0) is 13.1 Å². The molecule has 0 aromatic heterocycles. The van der Waals surface area contributed by atoms with E-state index in [1.165, 1.54) is 28.7 Å². The molecule has 4 atom stereocenters. The summed E-state index contributed by atoms with van der Waals surface area (Å²) in [5.74, 6) is 2.01. The Hall–Kier alpha value is -2.06. The number of nitrogens with zero attached hydrogens (tertiary/aromatic N) is 2. The van der Waals surface area contributed by atoms with Crippen LogP contribution in [0.3, 0.4) is 0 Å². The fourth-order valence-corrected chi connectivity index (χ4v) is 7.37. The van der Waals surface area contributed by atoms with Gasteiger partial charge in [0.15, 0.2) is 0 Å². The van der Waals surface area contributed by atoms with E-state index >= 15 is 0 Å². The monoisotopic (exact) mass is 576 g/mol. The molecular formula is C36H60N6. The Balaban J connectivity index is 1.78. The molecule has 6 heteroatoms. The lowest BCUT2D eigenvalue weighted by molar-refractivity contribution is 0.258. The van der Waals surface area contributed by atoms with Gasteiger partial charge in [0.25, 0.3) is 0 Å². The molecule has 1 aliphatic carbocycles. The summed E-state index contributed by atoms with van der Waals surface area (Å²) >= 11 is 0. The summed E-state index contributed by atoms with van der Waals surface area (Å²) in [7, 11) is 0. The Morgan fingerprint density at radius 1 is 0.762 bits per heavy atom. The maximum absolute atomic E-state index is 5.87. The van der Waals surface area contributed by atoms with E-state index in [0.29, 0.717) is 49.9 Å². The van der Waals surface area contributed by atoms with Crippen molar-refractivity contribution in [2.24, 2.45) is 40.2 Å². The van der Waals surface area contributed by atoms with Gasteiger partial charge in [0.05, 0.1) is 0 Å². The second-order valence-corrected chi connectivity index (χ2v) is 13.4. The van der Waals surface area contributed by atoms with Crippen molar-refractivity contribution in [1.29, 1.82) is 0 Å². The van der Waals surface area contributed by atoms with Crippen molar-refractivity contribution < 1.29 is 0 Å². The summed E-state index contributed by atoms with van der Waals surface area (Å²) in [6.07, 6.45) is 4.98. The molecule has 0 heterocycles. The smallest absolute Gasteiger partial charge is 0.0234 e. The van der Waals surface area contributed by atoms with E-state index in [4.69, 9.17) is 22.9 Å². The number of benzene rings is 2. The molecule has 42 heavy (non-hydrogen) atoms. The largest absolute Gasteiger partial charge is 0.329 e. The van der Waals surface area contributed by atoms with Crippen LogP contribution in [0, 0.1) is 17.3 Å². The lowest BCUT2D eigenvalue weighted by atomic mass is 9.62. The highest BCUT2D eigenvalue weighted by Gasteiger charge is 2.37. The zero-order valence-electron chi connectivity index (χ0n) is 27.2. The van der Waals surface area contributed by atoms with Crippen molar-refractivity contribution in [3.63, 3.8) is 0 Å². The molecule has 0 saturated carbocycles. The third kappa shape index (κ3) is 9.73. The summed E-state index contributed by atoms with van der Waals surface area (Å²) < 4.78 is 0. The summed E-state index contributed by atoms with van der Waals surface area (Å²) in [4.78, 5) is 4.71. The topological polar surface area (TPSA) is 111 Å². The van der Waals surface area contributed by atoms with E-state index in [1.54, 1.807) is 5.57 Å². The minimum atomic E-state index is 0.193. The number of allylic oxidation sites excluding steroid dienone is 2. The highest BCUT2D eigenvalue weighted by atomic mass is 15.1. The first-order valence-electron chi connectivity index (χ1n) is 16.3. The molecule has 0 radical (unpaired) electrons. The van der Waals surface area contributed by atoms with Crippen molar-refractivity contribution in [2.75, 3.05) is 52.4 Å². The average Bonchev–Trinajstić information content (AvgIpc) is 2.93. The normalized spacial score (nSPS) is 20.1. The second-order valence-electron chi connectivity index (χ2n) is 13.4. The van der Waals surface area contributed by atoms with Gasteiger partial charge in [-0.2, -0.15) is 0 Å². The quantitative estimate of drug-likeness (QED) is 0.197. The molecule has 0 amide bonds. The molecule has 6 nitrogen and oxygen atoms in total. The summed E-state index contributed by atoms with van der Waals surface area (Å²) in [6, 6.07) is 18.4. The van der Waals surface area contributed by atoms with E-state index in [-0.39, 0.29) is 5.41 Å². The summed E-state index contributed by atoms with van der Waals surface area (Å²) in [5, 5.41) is 0. The Bertz CT molecular complexity index is 1100. The number of nitrogens with two attached hydrogens (primary N) is 4.